The molecule has 9 nitrogen and oxygen atoms in total. The Kier molecular flexibility index (Phi) is 4.31. The van der Waals surface area contributed by atoms with Gasteiger partial charge < -0.3 is 25.0 Å². The van der Waals surface area contributed by atoms with Gasteiger partial charge in [0.1, 0.15) is 23.6 Å². The first-order chi connectivity index (χ1) is 12.9. The van der Waals surface area contributed by atoms with E-state index in [0.29, 0.717) is 11.1 Å². The third-order valence-electron chi connectivity index (χ3n) is 4.95. The summed E-state index contributed by atoms with van der Waals surface area (Å²) in [4.78, 5) is 28.7. The summed E-state index contributed by atoms with van der Waals surface area (Å²) in [6, 6.07) is 8.58. The average molecular weight is 373 g/mol. The van der Waals surface area contributed by atoms with Crippen molar-refractivity contribution in [3.8, 4) is 0 Å². The standard InChI is InChI=1S/C18H19N3O6/c1-10-7-21(16-12-13(23)18(8-22,27-16)9-26-12)17(25)20-14(10)19-15(24)11-5-3-2-4-6-11/h2-7,12-13,16,22-23H,8-9H2,1H3,(H,19,20,24,25)/t12-,13?,16+,18-/m0/s1. The highest BCUT2D eigenvalue weighted by atomic mass is 16.7. The summed E-state index contributed by atoms with van der Waals surface area (Å²) in [6.07, 6.45) is -1.24. The molecule has 1 unspecified atom stereocenters. The van der Waals surface area contributed by atoms with Crippen molar-refractivity contribution in [3.63, 3.8) is 0 Å². The van der Waals surface area contributed by atoms with Crippen LogP contribution in [-0.2, 0) is 9.47 Å². The number of anilines is 1. The van der Waals surface area contributed by atoms with Crippen LogP contribution < -0.4 is 11.0 Å². The number of rotatable bonds is 4. The van der Waals surface area contributed by atoms with Crippen molar-refractivity contribution >= 4 is 11.7 Å². The van der Waals surface area contributed by atoms with Crippen molar-refractivity contribution in [3.05, 3.63) is 58.1 Å². The monoisotopic (exact) mass is 373 g/mol. The van der Waals surface area contributed by atoms with Crippen LogP contribution in [0, 0.1) is 6.92 Å². The number of hydrogen-bond donors (Lipinski definition) is 3. The number of amides is 1. The summed E-state index contributed by atoms with van der Waals surface area (Å²) in [7, 11) is 0. The molecule has 0 radical (unpaired) electrons. The molecule has 0 spiro atoms. The smallest absolute Gasteiger partial charge is 0.351 e. The third kappa shape index (κ3) is 2.85. The number of fused-ring (bicyclic) bond motifs is 2. The van der Waals surface area contributed by atoms with Gasteiger partial charge in [0.2, 0.25) is 0 Å². The van der Waals surface area contributed by atoms with Crippen molar-refractivity contribution in [2.24, 2.45) is 0 Å². The Balaban J connectivity index is 1.60. The summed E-state index contributed by atoms with van der Waals surface area (Å²) in [5.41, 5.74) is -0.910. The predicted octanol–water partition coefficient (Wildman–Crippen LogP) is -0.176. The quantitative estimate of drug-likeness (QED) is 0.680. The van der Waals surface area contributed by atoms with Gasteiger partial charge >= 0.3 is 5.69 Å². The Labute approximate surface area is 154 Å². The van der Waals surface area contributed by atoms with Crippen molar-refractivity contribution < 1.29 is 24.5 Å². The molecular weight excluding hydrogens is 354 g/mol. The number of nitrogens with one attached hydrogen (secondary N) is 1. The SMILES string of the molecule is Cc1cn([C@@H]2O[C@@]3(CO)CO[C@H]2C3O)c(=O)nc1NC(=O)c1ccccc1. The van der Waals surface area contributed by atoms with E-state index in [4.69, 9.17) is 9.47 Å². The molecule has 0 saturated carbocycles. The fourth-order valence-corrected chi connectivity index (χ4v) is 3.40. The predicted molar refractivity (Wildman–Crippen MR) is 93.3 cm³/mol. The van der Waals surface area contributed by atoms with E-state index in [0.717, 1.165) is 0 Å². The van der Waals surface area contributed by atoms with E-state index in [1.807, 2.05) is 0 Å². The van der Waals surface area contributed by atoms with E-state index in [-0.39, 0.29) is 18.3 Å². The van der Waals surface area contributed by atoms with Crippen LogP contribution in [0.15, 0.2) is 41.3 Å². The molecule has 1 aromatic heterocycles. The molecule has 27 heavy (non-hydrogen) atoms. The second-order valence-corrected chi connectivity index (χ2v) is 6.73. The molecule has 2 fully saturated rings. The number of carbonyl (C=O) groups is 1. The Morgan fingerprint density at radius 2 is 2.15 bits per heavy atom. The minimum Gasteiger partial charge on any atom is -0.393 e. The molecule has 0 aliphatic carbocycles. The highest BCUT2D eigenvalue weighted by Crippen LogP contribution is 2.44. The molecule has 1 aromatic carbocycles. The number of aliphatic hydroxyl groups excluding tert-OH is 2. The van der Waals surface area contributed by atoms with Gasteiger partial charge in [-0.2, -0.15) is 4.98 Å². The van der Waals surface area contributed by atoms with Gasteiger partial charge in [-0.05, 0) is 19.1 Å². The second kappa shape index (κ2) is 6.54. The molecule has 3 N–H and O–H groups in total. The van der Waals surface area contributed by atoms with E-state index < -0.39 is 36.3 Å². The van der Waals surface area contributed by atoms with E-state index >= 15 is 0 Å². The Morgan fingerprint density at radius 3 is 2.81 bits per heavy atom. The molecule has 2 aliphatic heterocycles. The van der Waals surface area contributed by atoms with E-state index in [9.17, 15) is 19.8 Å². The lowest BCUT2D eigenvalue weighted by molar-refractivity contribution is -0.187. The fourth-order valence-electron chi connectivity index (χ4n) is 3.40. The molecule has 9 heteroatoms. The first-order valence-electron chi connectivity index (χ1n) is 8.50. The highest BCUT2D eigenvalue weighted by Gasteiger charge is 2.61. The van der Waals surface area contributed by atoms with Gasteiger partial charge in [-0.3, -0.25) is 9.36 Å². The molecule has 2 saturated heterocycles. The van der Waals surface area contributed by atoms with Crippen LogP contribution in [0.2, 0.25) is 0 Å². The first-order valence-corrected chi connectivity index (χ1v) is 8.50. The van der Waals surface area contributed by atoms with Crippen molar-refractivity contribution in [1.82, 2.24) is 9.55 Å². The summed E-state index contributed by atoms with van der Waals surface area (Å²) >= 11 is 0. The maximum atomic E-state index is 12.5. The molecule has 2 aromatic rings. The van der Waals surface area contributed by atoms with Crippen LogP contribution in [-0.4, -0.2) is 56.7 Å². The number of aliphatic hydroxyl groups is 2. The number of benzene rings is 1. The first kappa shape index (κ1) is 17.8. The lowest BCUT2D eigenvalue weighted by atomic mass is 10.0. The average Bonchev–Trinajstić information content (AvgIpc) is 3.15. The lowest BCUT2D eigenvalue weighted by Gasteiger charge is -2.29. The molecule has 2 aliphatic rings. The number of carbonyl (C=O) groups excluding carboxylic acids is 1. The van der Waals surface area contributed by atoms with Crippen molar-refractivity contribution in [2.75, 3.05) is 18.5 Å². The number of aromatic nitrogens is 2. The number of aryl methyl sites for hydroxylation is 1. The minimum atomic E-state index is -1.23. The van der Waals surface area contributed by atoms with Gasteiger partial charge in [0, 0.05) is 17.3 Å². The van der Waals surface area contributed by atoms with Crippen LogP contribution in [0.3, 0.4) is 0 Å². The number of nitrogens with zero attached hydrogens (tertiary/aromatic N) is 2. The normalized spacial score (nSPS) is 29.1. The van der Waals surface area contributed by atoms with Gasteiger partial charge in [0.15, 0.2) is 6.23 Å². The van der Waals surface area contributed by atoms with E-state index in [1.165, 1.54) is 10.8 Å². The van der Waals surface area contributed by atoms with Gasteiger partial charge in [-0.25, -0.2) is 4.79 Å². The van der Waals surface area contributed by atoms with Crippen LogP contribution in [0.25, 0.3) is 0 Å². The maximum Gasteiger partial charge on any atom is 0.351 e. The lowest BCUT2D eigenvalue weighted by Crippen LogP contribution is -2.44. The van der Waals surface area contributed by atoms with Crippen LogP contribution in [0.4, 0.5) is 5.82 Å². The third-order valence-corrected chi connectivity index (χ3v) is 4.95. The second-order valence-electron chi connectivity index (χ2n) is 6.73. The zero-order chi connectivity index (χ0) is 19.2. The fraction of sp³-hybridized carbons (Fsp3) is 0.389. The molecule has 3 heterocycles. The zero-order valence-corrected chi connectivity index (χ0v) is 14.5. The topological polar surface area (TPSA) is 123 Å². The molecule has 4 atom stereocenters. The largest absolute Gasteiger partial charge is 0.393 e. The summed E-state index contributed by atoms with van der Waals surface area (Å²) < 4.78 is 12.4. The van der Waals surface area contributed by atoms with Gasteiger partial charge in [-0.1, -0.05) is 18.2 Å². The molecule has 142 valence electrons. The Hall–Kier alpha value is -2.59. The summed E-state index contributed by atoms with van der Waals surface area (Å²) in [5, 5.41) is 22.4. The summed E-state index contributed by atoms with van der Waals surface area (Å²) in [5.74, 6) is -0.232. The van der Waals surface area contributed by atoms with Gasteiger partial charge in [0.05, 0.1) is 13.2 Å². The molecular formula is C18H19N3O6. The van der Waals surface area contributed by atoms with Crippen LogP contribution >= 0.6 is 0 Å². The number of ether oxygens (including phenoxy) is 2. The van der Waals surface area contributed by atoms with Crippen molar-refractivity contribution in [2.45, 2.75) is 31.0 Å². The maximum absolute atomic E-state index is 12.5. The number of hydrogen-bond acceptors (Lipinski definition) is 7. The van der Waals surface area contributed by atoms with Gasteiger partial charge in [0.25, 0.3) is 5.91 Å². The van der Waals surface area contributed by atoms with Crippen LogP contribution in [0.1, 0.15) is 22.1 Å². The molecule has 1 amide bonds. The van der Waals surface area contributed by atoms with Crippen LogP contribution in [0.5, 0.6) is 0 Å². The minimum absolute atomic E-state index is 0.0538. The molecule has 2 bridgehead atoms. The summed E-state index contributed by atoms with van der Waals surface area (Å²) in [6.45, 7) is 1.32. The molecule has 4 rings (SSSR count). The Bertz CT molecular complexity index is 930. The Morgan fingerprint density at radius 1 is 1.41 bits per heavy atom. The van der Waals surface area contributed by atoms with E-state index in [2.05, 4.69) is 10.3 Å². The highest BCUT2D eigenvalue weighted by molar-refractivity contribution is 6.03. The van der Waals surface area contributed by atoms with E-state index in [1.54, 1.807) is 37.3 Å². The van der Waals surface area contributed by atoms with Crippen molar-refractivity contribution in [1.29, 1.82) is 0 Å². The van der Waals surface area contributed by atoms with Gasteiger partial charge in [-0.15, -0.1) is 0 Å². The zero-order valence-electron chi connectivity index (χ0n) is 14.5.